The molecule has 0 fully saturated rings. The average Bonchev–Trinajstić information content (AvgIpc) is 2.80. The molecule has 2 rings (SSSR count). The van der Waals surface area contributed by atoms with Gasteiger partial charge in [-0.05, 0) is 18.2 Å². The molecule has 0 radical (unpaired) electrons. The van der Waals surface area contributed by atoms with Crippen LogP contribution in [0.2, 0.25) is 0 Å². The van der Waals surface area contributed by atoms with Crippen LogP contribution < -0.4 is 5.73 Å². The van der Waals surface area contributed by atoms with Crippen LogP contribution in [0.1, 0.15) is 18.2 Å². The van der Waals surface area contributed by atoms with E-state index in [1.165, 1.54) is 0 Å². The van der Waals surface area contributed by atoms with E-state index < -0.39 is 0 Å². The van der Waals surface area contributed by atoms with E-state index in [0.717, 1.165) is 11.4 Å². The minimum Gasteiger partial charge on any atom is -0.322 e. The summed E-state index contributed by atoms with van der Waals surface area (Å²) in [5.41, 5.74) is 7.72. The second-order valence-electron chi connectivity index (χ2n) is 3.54. The molecule has 16 heavy (non-hydrogen) atoms. The van der Waals surface area contributed by atoms with Gasteiger partial charge in [0, 0.05) is 12.6 Å². The highest BCUT2D eigenvalue weighted by atomic mass is 15.3. The highest BCUT2D eigenvalue weighted by Crippen LogP contribution is 2.13. The molecule has 3 nitrogen and oxygen atoms in total. The van der Waals surface area contributed by atoms with Crippen molar-refractivity contribution in [3.63, 3.8) is 0 Å². The number of hydrogen-bond acceptors (Lipinski definition) is 2. The molecular weight excluding hydrogens is 198 g/mol. The largest absolute Gasteiger partial charge is 0.322 e. The zero-order valence-corrected chi connectivity index (χ0v) is 8.88. The Morgan fingerprint density at radius 3 is 2.75 bits per heavy atom. The fraction of sp³-hybridized carbons (Fsp3) is 0.154. The Bertz CT molecular complexity index is 493. The fourth-order valence-corrected chi connectivity index (χ4v) is 1.49. The topological polar surface area (TPSA) is 43.8 Å². The molecule has 1 aromatic carbocycles. The van der Waals surface area contributed by atoms with Gasteiger partial charge in [-0.3, -0.25) is 0 Å². The maximum atomic E-state index is 5.88. The van der Waals surface area contributed by atoms with Crippen LogP contribution in [0.3, 0.4) is 0 Å². The Hall–Kier alpha value is -2.05. The molecule has 0 aliphatic heterocycles. The van der Waals surface area contributed by atoms with E-state index in [2.05, 4.69) is 11.0 Å². The normalized spacial score (nSPS) is 12.0. The summed E-state index contributed by atoms with van der Waals surface area (Å²) >= 11 is 0. The van der Waals surface area contributed by atoms with Gasteiger partial charge in [-0.25, -0.2) is 4.68 Å². The standard InChI is InChI=1S/C13H13N3/c1-2-6-12(14)13-9-10-16(15-13)11-7-4-3-5-8-11/h1,3-5,7-10,12H,6,14H2. The van der Waals surface area contributed by atoms with Crippen molar-refractivity contribution in [1.82, 2.24) is 9.78 Å². The van der Waals surface area contributed by atoms with E-state index in [0.29, 0.717) is 6.42 Å². The van der Waals surface area contributed by atoms with Gasteiger partial charge in [0.25, 0.3) is 0 Å². The third-order valence-electron chi connectivity index (χ3n) is 2.35. The number of nitrogens with two attached hydrogens (primary N) is 1. The molecule has 1 atom stereocenters. The second-order valence-corrected chi connectivity index (χ2v) is 3.54. The minimum absolute atomic E-state index is 0.185. The Labute approximate surface area is 94.9 Å². The quantitative estimate of drug-likeness (QED) is 0.788. The predicted octanol–water partition coefficient (Wildman–Crippen LogP) is 1.90. The van der Waals surface area contributed by atoms with Crippen molar-refractivity contribution in [1.29, 1.82) is 0 Å². The van der Waals surface area contributed by atoms with E-state index in [4.69, 9.17) is 12.2 Å². The van der Waals surface area contributed by atoms with Gasteiger partial charge in [-0.2, -0.15) is 5.10 Å². The van der Waals surface area contributed by atoms with Gasteiger partial charge in [-0.15, -0.1) is 12.3 Å². The molecule has 0 spiro atoms. The molecule has 1 heterocycles. The number of hydrogen-bond donors (Lipinski definition) is 1. The average molecular weight is 211 g/mol. The van der Waals surface area contributed by atoms with Crippen LogP contribution in [-0.4, -0.2) is 9.78 Å². The minimum atomic E-state index is -0.185. The van der Waals surface area contributed by atoms with Gasteiger partial charge >= 0.3 is 0 Å². The summed E-state index contributed by atoms with van der Waals surface area (Å²) in [5.74, 6) is 2.54. The van der Waals surface area contributed by atoms with Crippen LogP contribution in [0.4, 0.5) is 0 Å². The van der Waals surface area contributed by atoms with Gasteiger partial charge in [0.1, 0.15) is 0 Å². The molecule has 2 N–H and O–H groups in total. The van der Waals surface area contributed by atoms with Crippen molar-refractivity contribution < 1.29 is 0 Å². The number of aromatic nitrogens is 2. The van der Waals surface area contributed by atoms with E-state index in [1.807, 2.05) is 42.6 Å². The third-order valence-corrected chi connectivity index (χ3v) is 2.35. The highest BCUT2D eigenvalue weighted by molar-refractivity contribution is 5.30. The number of benzene rings is 1. The lowest BCUT2D eigenvalue weighted by Crippen LogP contribution is -2.10. The van der Waals surface area contributed by atoms with Crippen molar-refractivity contribution in [3.8, 4) is 18.0 Å². The van der Waals surface area contributed by atoms with Crippen LogP contribution in [0.5, 0.6) is 0 Å². The summed E-state index contributed by atoms with van der Waals surface area (Å²) in [5, 5.41) is 4.40. The third kappa shape index (κ3) is 2.13. The SMILES string of the molecule is C#CCC(N)c1ccn(-c2ccccc2)n1. The number of para-hydroxylation sites is 1. The first-order chi connectivity index (χ1) is 7.81. The van der Waals surface area contributed by atoms with Gasteiger partial charge in [-0.1, -0.05) is 18.2 Å². The molecule has 0 aliphatic carbocycles. The maximum Gasteiger partial charge on any atom is 0.0805 e. The Morgan fingerprint density at radius 2 is 2.06 bits per heavy atom. The van der Waals surface area contributed by atoms with Crippen molar-refractivity contribution in [2.75, 3.05) is 0 Å². The Balaban J connectivity index is 2.24. The summed E-state index contributed by atoms with van der Waals surface area (Å²) in [6.45, 7) is 0. The first-order valence-corrected chi connectivity index (χ1v) is 5.11. The molecule has 0 aliphatic rings. The van der Waals surface area contributed by atoms with E-state index >= 15 is 0 Å². The van der Waals surface area contributed by atoms with Crippen LogP contribution >= 0.6 is 0 Å². The number of nitrogens with zero attached hydrogens (tertiary/aromatic N) is 2. The second kappa shape index (κ2) is 4.65. The van der Waals surface area contributed by atoms with Gasteiger partial charge in [0.15, 0.2) is 0 Å². The Kier molecular flexibility index (Phi) is 3.04. The smallest absolute Gasteiger partial charge is 0.0805 e. The zero-order valence-electron chi connectivity index (χ0n) is 8.88. The summed E-state index contributed by atoms with van der Waals surface area (Å²) in [6, 6.07) is 11.6. The lowest BCUT2D eigenvalue weighted by Gasteiger charge is -2.04. The summed E-state index contributed by atoms with van der Waals surface area (Å²) in [7, 11) is 0. The molecule has 0 bridgehead atoms. The lowest BCUT2D eigenvalue weighted by atomic mass is 10.2. The fourth-order valence-electron chi connectivity index (χ4n) is 1.49. The number of rotatable bonds is 3. The van der Waals surface area contributed by atoms with Crippen molar-refractivity contribution in [2.24, 2.45) is 5.73 Å². The molecule has 2 aromatic rings. The zero-order chi connectivity index (χ0) is 11.4. The molecule has 80 valence electrons. The highest BCUT2D eigenvalue weighted by Gasteiger charge is 2.08. The predicted molar refractivity (Wildman–Crippen MR) is 63.9 cm³/mol. The Morgan fingerprint density at radius 1 is 1.31 bits per heavy atom. The molecule has 0 amide bonds. The first-order valence-electron chi connectivity index (χ1n) is 5.11. The summed E-state index contributed by atoms with van der Waals surface area (Å²) in [4.78, 5) is 0. The molecule has 1 unspecified atom stereocenters. The summed E-state index contributed by atoms with van der Waals surface area (Å²) < 4.78 is 1.80. The summed E-state index contributed by atoms with van der Waals surface area (Å²) in [6.07, 6.45) is 7.62. The van der Waals surface area contributed by atoms with Crippen molar-refractivity contribution in [3.05, 3.63) is 48.3 Å². The maximum absolute atomic E-state index is 5.88. The molecule has 1 aromatic heterocycles. The van der Waals surface area contributed by atoms with E-state index in [1.54, 1.807) is 4.68 Å². The number of terminal acetylenes is 1. The molecule has 0 saturated carbocycles. The molecule has 0 saturated heterocycles. The first kappa shape index (κ1) is 10.5. The van der Waals surface area contributed by atoms with Crippen molar-refractivity contribution >= 4 is 0 Å². The van der Waals surface area contributed by atoms with Gasteiger partial charge in [0.05, 0.1) is 17.4 Å². The van der Waals surface area contributed by atoms with E-state index in [9.17, 15) is 0 Å². The molecular formula is C13H13N3. The molecule has 3 heteroatoms. The van der Waals surface area contributed by atoms with Gasteiger partial charge < -0.3 is 5.73 Å². The van der Waals surface area contributed by atoms with Crippen LogP contribution in [0.15, 0.2) is 42.6 Å². The van der Waals surface area contributed by atoms with Crippen LogP contribution in [0, 0.1) is 12.3 Å². The van der Waals surface area contributed by atoms with E-state index in [-0.39, 0.29) is 6.04 Å². The lowest BCUT2D eigenvalue weighted by molar-refractivity contribution is 0.701. The van der Waals surface area contributed by atoms with Crippen LogP contribution in [-0.2, 0) is 0 Å². The van der Waals surface area contributed by atoms with Crippen LogP contribution in [0.25, 0.3) is 5.69 Å². The van der Waals surface area contributed by atoms with Gasteiger partial charge in [0.2, 0.25) is 0 Å². The van der Waals surface area contributed by atoms with Crippen molar-refractivity contribution in [2.45, 2.75) is 12.5 Å². The monoisotopic (exact) mass is 211 g/mol.